The number of carboxylic acid groups (broad SMARTS) is 1. The second-order valence-corrected chi connectivity index (χ2v) is 4.47. The molecule has 0 aromatic carbocycles. The van der Waals surface area contributed by atoms with E-state index in [4.69, 9.17) is 4.74 Å². The summed E-state index contributed by atoms with van der Waals surface area (Å²) in [6.45, 7) is 5.22. The van der Waals surface area contributed by atoms with Gasteiger partial charge in [0.2, 0.25) is 0 Å². The molecule has 0 aromatic heterocycles. The molecular weight excluding hydrogens is 220 g/mol. The lowest BCUT2D eigenvalue weighted by Gasteiger charge is -2.30. The highest BCUT2D eigenvalue weighted by Crippen LogP contribution is 2.34. The van der Waals surface area contributed by atoms with E-state index in [1.165, 1.54) is 13.0 Å². The fraction of sp³-hybridized carbons (Fsp3) is 0.538. The molecule has 1 N–H and O–H groups in total. The van der Waals surface area contributed by atoms with Gasteiger partial charge in [0.1, 0.15) is 5.41 Å². The van der Waals surface area contributed by atoms with Gasteiger partial charge in [0.15, 0.2) is 0 Å². The number of aliphatic carboxylic acids is 1. The molecule has 3 unspecified atom stereocenters. The molecule has 3 atom stereocenters. The number of hydrogen-bond acceptors (Lipinski definition) is 3. The number of carboxylic acids is 1. The zero-order valence-corrected chi connectivity index (χ0v) is 10.3. The van der Waals surface area contributed by atoms with Crippen LogP contribution in [0.25, 0.3) is 0 Å². The minimum atomic E-state index is -1.22. The third kappa shape index (κ3) is 2.75. The average molecular weight is 238 g/mol. The van der Waals surface area contributed by atoms with Crippen LogP contribution in [0.2, 0.25) is 0 Å². The first-order valence-electron chi connectivity index (χ1n) is 5.71. The van der Waals surface area contributed by atoms with Crippen LogP contribution >= 0.6 is 0 Å². The molecule has 0 saturated carbocycles. The van der Waals surface area contributed by atoms with Crippen LogP contribution in [0.1, 0.15) is 27.2 Å². The Balaban J connectivity index is 2.88. The van der Waals surface area contributed by atoms with Gasteiger partial charge in [-0.25, -0.2) is 0 Å². The second kappa shape index (κ2) is 5.17. The van der Waals surface area contributed by atoms with Crippen molar-refractivity contribution >= 4 is 11.9 Å². The summed E-state index contributed by atoms with van der Waals surface area (Å²) >= 11 is 0. The maximum atomic E-state index is 11.9. The summed E-state index contributed by atoms with van der Waals surface area (Å²) < 4.78 is 5.20. The lowest BCUT2D eigenvalue weighted by Crippen LogP contribution is -2.40. The SMILES string of the molecule is CCC(C)OC(=O)C1C=CC=CC1(C)C(=O)O. The van der Waals surface area contributed by atoms with Crippen LogP contribution in [-0.2, 0) is 14.3 Å². The van der Waals surface area contributed by atoms with Gasteiger partial charge in [0.05, 0.1) is 12.0 Å². The van der Waals surface area contributed by atoms with Gasteiger partial charge in [-0.2, -0.15) is 0 Å². The van der Waals surface area contributed by atoms with E-state index in [0.717, 1.165) is 0 Å². The molecule has 0 radical (unpaired) electrons. The maximum absolute atomic E-state index is 11.9. The number of ether oxygens (including phenoxy) is 1. The average Bonchev–Trinajstić information content (AvgIpc) is 2.29. The molecule has 4 nitrogen and oxygen atoms in total. The highest BCUT2D eigenvalue weighted by atomic mass is 16.5. The van der Waals surface area contributed by atoms with E-state index in [0.29, 0.717) is 6.42 Å². The van der Waals surface area contributed by atoms with Crippen LogP contribution in [0.5, 0.6) is 0 Å². The largest absolute Gasteiger partial charge is 0.481 e. The van der Waals surface area contributed by atoms with Crippen LogP contribution in [0.4, 0.5) is 0 Å². The summed E-state index contributed by atoms with van der Waals surface area (Å²) in [5.41, 5.74) is -1.22. The van der Waals surface area contributed by atoms with Crippen molar-refractivity contribution in [2.24, 2.45) is 11.3 Å². The van der Waals surface area contributed by atoms with Gasteiger partial charge in [0, 0.05) is 0 Å². The van der Waals surface area contributed by atoms with Crippen molar-refractivity contribution in [2.75, 3.05) is 0 Å². The molecule has 94 valence electrons. The highest BCUT2D eigenvalue weighted by molar-refractivity contribution is 5.87. The van der Waals surface area contributed by atoms with E-state index >= 15 is 0 Å². The number of allylic oxidation sites excluding steroid dienone is 2. The van der Waals surface area contributed by atoms with Gasteiger partial charge < -0.3 is 9.84 Å². The van der Waals surface area contributed by atoms with Gasteiger partial charge in [0.25, 0.3) is 0 Å². The van der Waals surface area contributed by atoms with Crippen molar-refractivity contribution in [3.63, 3.8) is 0 Å². The highest BCUT2D eigenvalue weighted by Gasteiger charge is 2.44. The third-order valence-corrected chi connectivity index (χ3v) is 3.11. The molecule has 0 saturated heterocycles. The number of rotatable bonds is 4. The zero-order valence-electron chi connectivity index (χ0n) is 10.3. The smallest absolute Gasteiger partial charge is 0.314 e. The minimum Gasteiger partial charge on any atom is -0.481 e. The minimum absolute atomic E-state index is 0.195. The Morgan fingerprint density at radius 1 is 1.47 bits per heavy atom. The summed E-state index contributed by atoms with van der Waals surface area (Å²) in [4.78, 5) is 23.2. The van der Waals surface area contributed by atoms with Gasteiger partial charge in [-0.05, 0) is 20.3 Å². The predicted molar refractivity (Wildman–Crippen MR) is 63.4 cm³/mol. The molecule has 1 rings (SSSR count). The molecule has 0 heterocycles. The Bertz CT molecular complexity index is 370. The first-order valence-corrected chi connectivity index (χ1v) is 5.71. The van der Waals surface area contributed by atoms with E-state index in [9.17, 15) is 14.7 Å². The standard InChI is InChI=1S/C13H18O4/c1-4-9(2)17-11(14)10-7-5-6-8-13(10,3)12(15)16/h5-10H,4H2,1-3H3,(H,15,16). The number of carbonyl (C=O) groups is 2. The molecule has 1 aliphatic rings. The Labute approximate surface area is 101 Å². The molecular formula is C13H18O4. The summed E-state index contributed by atoms with van der Waals surface area (Å²) in [5, 5.41) is 9.22. The van der Waals surface area contributed by atoms with Crippen LogP contribution in [-0.4, -0.2) is 23.1 Å². The van der Waals surface area contributed by atoms with Crippen LogP contribution < -0.4 is 0 Å². The molecule has 0 bridgehead atoms. The van der Waals surface area contributed by atoms with E-state index in [2.05, 4.69) is 0 Å². The molecule has 0 amide bonds. The van der Waals surface area contributed by atoms with Gasteiger partial charge in [-0.3, -0.25) is 9.59 Å². The molecule has 0 fully saturated rings. The summed E-state index contributed by atoms with van der Waals surface area (Å²) in [5.74, 6) is -2.27. The Morgan fingerprint density at radius 3 is 2.65 bits per heavy atom. The molecule has 0 spiro atoms. The fourth-order valence-corrected chi connectivity index (χ4v) is 1.62. The van der Waals surface area contributed by atoms with Crippen molar-refractivity contribution < 1.29 is 19.4 Å². The second-order valence-electron chi connectivity index (χ2n) is 4.47. The Hall–Kier alpha value is -1.58. The summed E-state index contributed by atoms with van der Waals surface area (Å²) in [7, 11) is 0. The monoisotopic (exact) mass is 238 g/mol. The first kappa shape index (κ1) is 13.5. The van der Waals surface area contributed by atoms with E-state index < -0.39 is 23.3 Å². The molecule has 0 aromatic rings. The van der Waals surface area contributed by atoms with Gasteiger partial charge >= 0.3 is 11.9 Å². The van der Waals surface area contributed by atoms with E-state index in [-0.39, 0.29) is 6.10 Å². The van der Waals surface area contributed by atoms with Crippen molar-refractivity contribution in [3.05, 3.63) is 24.3 Å². The van der Waals surface area contributed by atoms with Gasteiger partial charge in [-0.15, -0.1) is 0 Å². The van der Waals surface area contributed by atoms with Crippen LogP contribution in [0, 0.1) is 11.3 Å². The lowest BCUT2D eigenvalue weighted by atomic mass is 9.74. The van der Waals surface area contributed by atoms with E-state index in [1.807, 2.05) is 6.92 Å². The summed E-state index contributed by atoms with van der Waals surface area (Å²) in [6, 6.07) is 0. The zero-order chi connectivity index (χ0) is 13.1. The Morgan fingerprint density at radius 2 is 2.12 bits per heavy atom. The molecule has 4 heteroatoms. The quantitative estimate of drug-likeness (QED) is 0.762. The molecule has 1 aliphatic carbocycles. The van der Waals surface area contributed by atoms with Crippen molar-refractivity contribution in [2.45, 2.75) is 33.3 Å². The third-order valence-electron chi connectivity index (χ3n) is 3.11. The maximum Gasteiger partial charge on any atom is 0.314 e. The number of esters is 1. The molecule has 0 aliphatic heterocycles. The molecule has 17 heavy (non-hydrogen) atoms. The predicted octanol–water partition coefficient (Wildman–Crippen LogP) is 2.16. The number of carbonyl (C=O) groups excluding carboxylic acids is 1. The first-order chi connectivity index (χ1) is 7.91. The lowest BCUT2D eigenvalue weighted by molar-refractivity contribution is -0.162. The van der Waals surface area contributed by atoms with Crippen molar-refractivity contribution in [1.29, 1.82) is 0 Å². The number of hydrogen-bond donors (Lipinski definition) is 1. The van der Waals surface area contributed by atoms with Gasteiger partial charge in [-0.1, -0.05) is 31.2 Å². The normalized spacial score (nSPS) is 28.8. The Kier molecular flexibility index (Phi) is 4.10. The van der Waals surface area contributed by atoms with Crippen molar-refractivity contribution in [1.82, 2.24) is 0 Å². The topological polar surface area (TPSA) is 63.6 Å². The van der Waals surface area contributed by atoms with E-state index in [1.54, 1.807) is 25.2 Å². The van der Waals surface area contributed by atoms with Crippen LogP contribution in [0.15, 0.2) is 24.3 Å². The van der Waals surface area contributed by atoms with Crippen molar-refractivity contribution in [3.8, 4) is 0 Å². The summed E-state index contributed by atoms with van der Waals surface area (Å²) in [6.07, 6.45) is 6.94. The fourth-order valence-electron chi connectivity index (χ4n) is 1.62. The van der Waals surface area contributed by atoms with Crippen LogP contribution in [0.3, 0.4) is 0 Å².